The van der Waals surface area contributed by atoms with Crippen LogP contribution in [0.25, 0.3) is 10.8 Å². The van der Waals surface area contributed by atoms with Crippen LogP contribution >= 0.6 is 30.8 Å². The van der Waals surface area contributed by atoms with Gasteiger partial charge in [-0.2, -0.15) is 0 Å². The van der Waals surface area contributed by atoms with E-state index >= 15 is 0 Å². The number of nitrogens with zero attached hydrogens (tertiary/aromatic N) is 1. The van der Waals surface area contributed by atoms with Crippen molar-refractivity contribution in [3.05, 3.63) is 106 Å². The van der Waals surface area contributed by atoms with E-state index in [9.17, 15) is 13.0 Å². The molecule has 0 radical (unpaired) electrons. The fraction of sp³-hybridized carbons (Fsp3) is 0.172. The van der Waals surface area contributed by atoms with E-state index in [0.717, 1.165) is 15.3 Å². The van der Waals surface area contributed by atoms with E-state index in [1.807, 2.05) is 48.5 Å². The Morgan fingerprint density at radius 1 is 0.821 bits per heavy atom. The number of anilines is 1. The minimum absolute atomic E-state index is 0.0599. The molecule has 0 bridgehead atoms. The molecule has 0 unspecified atom stereocenters. The second-order valence-electron chi connectivity index (χ2n) is 8.35. The molecule has 0 saturated heterocycles. The second kappa shape index (κ2) is 12.6. The van der Waals surface area contributed by atoms with Gasteiger partial charge in [-0.1, -0.05) is 83.6 Å². The molecule has 0 fully saturated rings. The minimum atomic E-state index is -4.40. The first-order valence-corrected chi connectivity index (χ1v) is 16.0. The van der Waals surface area contributed by atoms with Crippen LogP contribution in [-0.2, 0) is 23.6 Å². The average Bonchev–Trinajstić information content (AvgIpc) is 2.91. The van der Waals surface area contributed by atoms with Gasteiger partial charge in [0.1, 0.15) is 6.29 Å². The number of benzene rings is 4. The quantitative estimate of drug-likeness (QED) is 0.144. The van der Waals surface area contributed by atoms with Crippen LogP contribution in [0.2, 0.25) is 10.0 Å². The number of hydrogen-bond acceptors (Lipinski definition) is 5. The highest BCUT2D eigenvalue weighted by Crippen LogP contribution is 2.51. The van der Waals surface area contributed by atoms with Crippen LogP contribution in [0.15, 0.2) is 89.8 Å². The van der Waals surface area contributed by atoms with Gasteiger partial charge in [-0.3, -0.25) is 8.87 Å². The van der Waals surface area contributed by atoms with Crippen molar-refractivity contribution in [3.8, 4) is 11.8 Å². The zero-order valence-electron chi connectivity index (χ0n) is 21.3. The van der Waals surface area contributed by atoms with Crippen molar-refractivity contribution in [2.45, 2.75) is 18.7 Å². The van der Waals surface area contributed by atoms with E-state index in [-0.39, 0.29) is 33.8 Å². The summed E-state index contributed by atoms with van der Waals surface area (Å²) in [6.45, 7) is 3.45. The molecular weight excluding hydrogens is 576 g/mol. The number of hydrogen-bond donors (Lipinski definition) is 0. The molecule has 0 aliphatic carbocycles. The lowest BCUT2D eigenvalue weighted by Gasteiger charge is -2.30. The summed E-state index contributed by atoms with van der Waals surface area (Å²) < 4.78 is 54.5. The van der Waals surface area contributed by atoms with Crippen molar-refractivity contribution in [3.63, 3.8) is 0 Å². The smallest absolute Gasteiger partial charge is 0.308 e. The van der Waals surface area contributed by atoms with Gasteiger partial charge in [0.25, 0.3) is 10.0 Å². The highest BCUT2D eigenvalue weighted by Gasteiger charge is 2.37. The molecule has 0 atom stereocenters. The van der Waals surface area contributed by atoms with Crippen LogP contribution in [-0.4, -0.2) is 27.9 Å². The second-order valence-corrected chi connectivity index (χ2v) is 13.1. The van der Waals surface area contributed by atoms with E-state index in [0.29, 0.717) is 10.9 Å². The largest absolute Gasteiger partial charge is 0.350 e. The zero-order chi connectivity index (χ0) is 28.0. The topological polar surface area (TPSA) is 72.9 Å². The molecule has 0 spiro atoms. The summed E-state index contributed by atoms with van der Waals surface area (Å²) >= 11 is 12.4. The van der Waals surface area contributed by atoms with Crippen molar-refractivity contribution < 1.29 is 22.0 Å². The Balaban J connectivity index is 2.03. The van der Waals surface area contributed by atoms with Gasteiger partial charge < -0.3 is 9.05 Å². The summed E-state index contributed by atoms with van der Waals surface area (Å²) in [5, 5.41) is 1.64. The fourth-order valence-corrected chi connectivity index (χ4v) is 8.44. The van der Waals surface area contributed by atoms with Crippen molar-refractivity contribution in [1.82, 2.24) is 0 Å². The highest BCUT2D eigenvalue weighted by molar-refractivity contribution is 7.93. The monoisotopic (exact) mass is 601 g/mol. The summed E-state index contributed by atoms with van der Waals surface area (Å²) in [7, 11) is -8.33. The molecular formula is C29H26Cl2NO5PS. The molecule has 10 heteroatoms. The summed E-state index contributed by atoms with van der Waals surface area (Å²) in [4.78, 5) is -0.172. The number of sulfonamides is 1. The number of rotatable bonds is 9. The van der Waals surface area contributed by atoms with Crippen LogP contribution in [0.3, 0.4) is 0 Å². The molecule has 0 amide bonds. The Bertz CT molecular complexity index is 1670. The average molecular weight is 602 g/mol. The third-order valence-electron chi connectivity index (χ3n) is 5.64. The lowest BCUT2D eigenvalue weighted by molar-refractivity contribution is 0.221. The predicted molar refractivity (Wildman–Crippen MR) is 158 cm³/mol. The molecule has 4 rings (SSSR count). The van der Waals surface area contributed by atoms with Gasteiger partial charge in [0.2, 0.25) is 0 Å². The van der Waals surface area contributed by atoms with E-state index in [1.165, 1.54) is 18.2 Å². The molecule has 0 aliphatic heterocycles. The molecule has 0 N–H and O–H groups in total. The van der Waals surface area contributed by atoms with Crippen molar-refractivity contribution in [2.24, 2.45) is 0 Å². The summed E-state index contributed by atoms with van der Waals surface area (Å²) in [5.74, 6) is 6.22. The lowest BCUT2D eigenvalue weighted by atomic mass is 10.0. The minimum Gasteiger partial charge on any atom is -0.308 e. The SMILES string of the molecule is CCOP(=O)(CN(c1c(C#Cc2ccccc2)ccc2ccccc12)S(=O)(=O)c1cc(Cl)cc(Cl)c1)OCC. The van der Waals surface area contributed by atoms with Crippen LogP contribution in [0.1, 0.15) is 25.0 Å². The van der Waals surface area contributed by atoms with E-state index in [1.54, 1.807) is 32.0 Å². The Hall–Kier alpha value is -2.82. The third kappa shape index (κ3) is 6.85. The Morgan fingerprint density at radius 2 is 1.44 bits per heavy atom. The van der Waals surface area contributed by atoms with Crippen molar-refractivity contribution in [1.29, 1.82) is 0 Å². The number of fused-ring (bicyclic) bond motifs is 1. The summed E-state index contributed by atoms with van der Waals surface area (Å²) in [6.07, 6.45) is -0.588. The van der Waals surface area contributed by atoms with Gasteiger partial charge >= 0.3 is 7.60 Å². The molecule has 4 aromatic carbocycles. The third-order valence-corrected chi connectivity index (χ3v) is 9.93. The maximum atomic E-state index is 14.3. The Labute approximate surface area is 239 Å². The maximum Gasteiger partial charge on any atom is 0.350 e. The zero-order valence-corrected chi connectivity index (χ0v) is 24.5. The Morgan fingerprint density at radius 3 is 2.08 bits per heavy atom. The summed E-state index contributed by atoms with van der Waals surface area (Å²) in [5.41, 5.74) is 1.41. The first-order chi connectivity index (χ1) is 18.7. The molecule has 6 nitrogen and oxygen atoms in total. The molecule has 0 heterocycles. The molecule has 0 aliphatic rings. The maximum absolute atomic E-state index is 14.3. The van der Waals surface area contributed by atoms with Gasteiger partial charge in [0.15, 0.2) is 0 Å². The first kappa shape index (κ1) is 29.2. The van der Waals surface area contributed by atoms with Gasteiger partial charge in [0, 0.05) is 26.6 Å². The van der Waals surface area contributed by atoms with Crippen molar-refractivity contribution in [2.75, 3.05) is 23.8 Å². The molecule has 39 heavy (non-hydrogen) atoms. The van der Waals surface area contributed by atoms with Crippen LogP contribution in [0.4, 0.5) is 5.69 Å². The Kier molecular flexibility index (Phi) is 9.40. The molecule has 202 valence electrons. The first-order valence-electron chi connectivity index (χ1n) is 12.1. The lowest BCUT2D eigenvalue weighted by Crippen LogP contribution is -2.33. The molecule has 0 aromatic heterocycles. The van der Waals surface area contributed by atoms with Crippen molar-refractivity contribution >= 4 is 57.3 Å². The fourth-order valence-electron chi connectivity index (χ4n) is 4.03. The standard InChI is InChI=1S/C29H26Cl2NO5PS/c1-3-36-38(33,37-4-2)21-32(39(34,35)27-19-25(30)18-26(31)20-27)29-24(15-14-22-10-6-5-7-11-22)17-16-23-12-8-9-13-28(23)29/h5-13,16-20H,3-4,21H2,1-2H3. The van der Waals surface area contributed by atoms with E-state index in [4.69, 9.17) is 32.2 Å². The van der Waals surface area contributed by atoms with Gasteiger partial charge in [-0.05, 0) is 55.6 Å². The van der Waals surface area contributed by atoms with Gasteiger partial charge in [-0.15, -0.1) is 0 Å². The van der Waals surface area contributed by atoms with Gasteiger partial charge in [0.05, 0.1) is 23.8 Å². The molecule has 0 saturated carbocycles. The predicted octanol–water partition coefficient (Wildman–Crippen LogP) is 7.97. The van der Waals surface area contributed by atoms with Gasteiger partial charge in [-0.25, -0.2) is 8.42 Å². The van der Waals surface area contributed by atoms with E-state index < -0.39 is 23.9 Å². The number of halogens is 2. The molecule has 4 aromatic rings. The van der Waals surface area contributed by atoms with Crippen LogP contribution in [0, 0.1) is 11.8 Å². The van der Waals surface area contributed by atoms with Crippen LogP contribution < -0.4 is 4.31 Å². The highest BCUT2D eigenvalue weighted by atomic mass is 35.5. The van der Waals surface area contributed by atoms with Crippen LogP contribution in [0.5, 0.6) is 0 Å². The van der Waals surface area contributed by atoms with E-state index in [2.05, 4.69) is 11.8 Å². The summed E-state index contributed by atoms with van der Waals surface area (Å²) in [6, 6.07) is 24.3. The normalized spacial score (nSPS) is 11.7.